The number of ether oxygens (including phenoxy) is 1. The monoisotopic (exact) mass is 224 g/mol. The molecule has 0 spiro atoms. The van der Waals surface area contributed by atoms with Crippen molar-refractivity contribution in [3.8, 4) is 0 Å². The smallest absolute Gasteiger partial charge is 0.269 e. The Morgan fingerprint density at radius 1 is 1.44 bits per heavy atom. The van der Waals surface area contributed by atoms with Crippen molar-refractivity contribution in [1.29, 1.82) is 0 Å². The topological polar surface area (TPSA) is 72.7 Å². The lowest BCUT2D eigenvalue weighted by Gasteiger charge is -2.16. The van der Waals surface area contributed by atoms with Gasteiger partial charge in [-0.2, -0.15) is 0 Å². The number of hydrogen-bond acceptors (Lipinski definition) is 4. The second-order valence-corrected chi connectivity index (χ2v) is 3.16. The summed E-state index contributed by atoms with van der Waals surface area (Å²) in [7, 11) is 3.02. The van der Waals surface area contributed by atoms with Gasteiger partial charge in [0.15, 0.2) is 0 Å². The van der Waals surface area contributed by atoms with Crippen LogP contribution in [0, 0.1) is 10.1 Å². The summed E-state index contributed by atoms with van der Waals surface area (Å²) in [6.07, 6.45) is 0. The minimum atomic E-state index is -0.485. The molecule has 0 unspecified atom stereocenters. The largest absolute Gasteiger partial charge is 0.375 e. The number of carbonyl (C=O) groups is 1. The van der Waals surface area contributed by atoms with Gasteiger partial charge in [0.05, 0.1) is 4.92 Å². The highest BCUT2D eigenvalue weighted by molar-refractivity contribution is 5.93. The SMILES string of the molecule is COCC(=O)N(C)c1ccc([N+](=O)[O-])cc1. The maximum Gasteiger partial charge on any atom is 0.269 e. The van der Waals surface area contributed by atoms with Crippen LogP contribution in [-0.4, -0.2) is 31.6 Å². The van der Waals surface area contributed by atoms with Crippen LogP contribution in [0.4, 0.5) is 11.4 Å². The van der Waals surface area contributed by atoms with E-state index in [1.165, 1.54) is 36.3 Å². The number of likely N-dealkylation sites (N-methyl/N-ethyl adjacent to an activating group) is 1. The molecule has 16 heavy (non-hydrogen) atoms. The lowest BCUT2D eigenvalue weighted by atomic mass is 10.2. The van der Waals surface area contributed by atoms with Crippen LogP contribution >= 0.6 is 0 Å². The first-order valence-electron chi connectivity index (χ1n) is 4.56. The molecule has 0 fully saturated rings. The first-order chi connectivity index (χ1) is 7.56. The number of rotatable bonds is 4. The zero-order chi connectivity index (χ0) is 12.1. The van der Waals surface area contributed by atoms with Crippen LogP contribution in [0.5, 0.6) is 0 Å². The molecule has 1 amide bonds. The molecule has 1 aromatic carbocycles. The summed E-state index contributed by atoms with van der Waals surface area (Å²) in [6, 6.07) is 5.75. The molecule has 6 heteroatoms. The Balaban J connectivity index is 2.81. The van der Waals surface area contributed by atoms with E-state index in [1.54, 1.807) is 7.05 Å². The molecule has 0 aliphatic rings. The fraction of sp³-hybridized carbons (Fsp3) is 0.300. The fourth-order valence-electron chi connectivity index (χ4n) is 1.16. The molecule has 0 bridgehead atoms. The summed E-state index contributed by atoms with van der Waals surface area (Å²) in [5.41, 5.74) is 0.587. The highest BCUT2D eigenvalue weighted by Gasteiger charge is 2.11. The van der Waals surface area contributed by atoms with E-state index in [4.69, 9.17) is 4.74 Å². The number of nitro benzene ring substituents is 1. The van der Waals surface area contributed by atoms with Crippen molar-refractivity contribution in [3.63, 3.8) is 0 Å². The van der Waals surface area contributed by atoms with Gasteiger partial charge in [0.1, 0.15) is 6.61 Å². The quantitative estimate of drug-likeness (QED) is 0.569. The Bertz CT molecular complexity index is 388. The standard InChI is InChI=1S/C10H12N2O4/c1-11(10(13)7-16-2)8-3-5-9(6-4-8)12(14)15/h3-6H,7H2,1-2H3. The minimum Gasteiger partial charge on any atom is -0.375 e. The number of hydrogen-bond donors (Lipinski definition) is 0. The van der Waals surface area contributed by atoms with Gasteiger partial charge in [-0.1, -0.05) is 0 Å². The summed E-state index contributed by atoms with van der Waals surface area (Å²) in [6.45, 7) is -0.0203. The molecule has 86 valence electrons. The number of benzene rings is 1. The summed E-state index contributed by atoms with van der Waals surface area (Å²) in [4.78, 5) is 22.7. The molecule has 0 heterocycles. The van der Waals surface area contributed by atoms with E-state index in [9.17, 15) is 14.9 Å². The Morgan fingerprint density at radius 3 is 2.44 bits per heavy atom. The van der Waals surface area contributed by atoms with Crippen molar-refractivity contribution in [2.24, 2.45) is 0 Å². The van der Waals surface area contributed by atoms with E-state index in [1.807, 2.05) is 0 Å². The van der Waals surface area contributed by atoms with Gasteiger partial charge in [-0.3, -0.25) is 14.9 Å². The summed E-state index contributed by atoms with van der Waals surface area (Å²) < 4.78 is 4.71. The van der Waals surface area contributed by atoms with Crippen LogP contribution < -0.4 is 4.90 Å². The van der Waals surface area contributed by atoms with Gasteiger partial charge in [-0.25, -0.2) is 0 Å². The van der Waals surface area contributed by atoms with E-state index in [0.29, 0.717) is 5.69 Å². The molecule has 0 aliphatic carbocycles. The zero-order valence-corrected chi connectivity index (χ0v) is 9.04. The van der Waals surface area contributed by atoms with Crippen LogP contribution in [0.25, 0.3) is 0 Å². The van der Waals surface area contributed by atoms with E-state index in [-0.39, 0.29) is 18.2 Å². The van der Waals surface area contributed by atoms with Crippen molar-refractivity contribution in [1.82, 2.24) is 0 Å². The molecule has 0 aliphatic heterocycles. The number of anilines is 1. The van der Waals surface area contributed by atoms with Gasteiger partial charge in [-0.15, -0.1) is 0 Å². The minimum absolute atomic E-state index is 0.00339. The van der Waals surface area contributed by atoms with Crippen molar-refractivity contribution in [2.75, 3.05) is 25.7 Å². The average molecular weight is 224 g/mol. The first kappa shape index (κ1) is 12.1. The third-order valence-corrected chi connectivity index (χ3v) is 2.09. The van der Waals surface area contributed by atoms with E-state index in [0.717, 1.165) is 0 Å². The molecule has 0 saturated carbocycles. The van der Waals surface area contributed by atoms with Gasteiger partial charge < -0.3 is 9.64 Å². The highest BCUT2D eigenvalue weighted by Crippen LogP contribution is 2.18. The molecule has 0 aromatic heterocycles. The van der Waals surface area contributed by atoms with E-state index >= 15 is 0 Å². The Kier molecular flexibility index (Phi) is 3.96. The van der Waals surface area contributed by atoms with Crippen molar-refractivity contribution in [2.45, 2.75) is 0 Å². The summed E-state index contributed by atoms with van der Waals surface area (Å²) in [5, 5.41) is 10.4. The van der Waals surface area contributed by atoms with Crippen LogP contribution in [0.1, 0.15) is 0 Å². The van der Waals surface area contributed by atoms with Crippen molar-refractivity contribution in [3.05, 3.63) is 34.4 Å². The normalized spacial score (nSPS) is 9.88. The number of nitro groups is 1. The lowest BCUT2D eigenvalue weighted by molar-refractivity contribution is -0.384. The van der Waals surface area contributed by atoms with Gasteiger partial charge in [0.25, 0.3) is 11.6 Å². The highest BCUT2D eigenvalue weighted by atomic mass is 16.6. The molecule has 1 aromatic rings. The lowest BCUT2D eigenvalue weighted by Crippen LogP contribution is -2.29. The molecular weight excluding hydrogens is 212 g/mol. The molecule has 1 rings (SSSR count). The number of nitrogens with zero attached hydrogens (tertiary/aromatic N) is 2. The van der Waals surface area contributed by atoms with Gasteiger partial charge >= 0.3 is 0 Å². The van der Waals surface area contributed by atoms with Gasteiger partial charge in [0, 0.05) is 32.0 Å². The summed E-state index contributed by atoms with van der Waals surface area (Å²) >= 11 is 0. The number of non-ortho nitro benzene ring substituents is 1. The zero-order valence-electron chi connectivity index (χ0n) is 9.04. The number of carbonyl (C=O) groups excluding carboxylic acids is 1. The Morgan fingerprint density at radius 2 is 2.00 bits per heavy atom. The molecule has 0 atom stereocenters. The average Bonchev–Trinajstić information content (AvgIpc) is 2.28. The Labute approximate surface area is 92.6 Å². The van der Waals surface area contributed by atoms with Crippen molar-refractivity contribution < 1.29 is 14.5 Å². The first-order valence-corrected chi connectivity index (χ1v) is 4.56. The van der Waals surface area contributed by atoms with Gasteiger partial charge in [0.2, 0.25) is 0 Å². The Hall–Kier alpha value is -1.95. The van der Waals surface area contributed by atoms with E-state index in [2.05, 4.69) is 0 Å². The molecule has 6 nitrogen and oxygen atoms in total. The number of amides is 1. The van der Waals surface area contributed by atoms with Crippen LogP contribution in [-0.2, 0) is 9.53 Å². The third-order valence-electron chi connectivity index (χ3n) is 2.09. The van der Waals surface area contributed by atoms with Crippen LogP contribution in [0.15, 0.2) is 24.3 Å². The fourth-order valence-corrected chi connectivity index (χ4v) is 1.16. The second-order valence-electron chi connectivity index (χ2n) is 3.16. The predicted octanol–water partition coefficient (Wildman–Crippen LogP) is 1.20. The molecular formula is C10H12N2O4. The summed E-state index contributed by atoms with van der Waals surface area (Å²) in [5.74, 6) is -0.212. The third kappa shape index (κ3) is 2.77. The van der Waals surface area contributed by atoms with Crippen LogP contribution in [0.2, 0.25) is 0 Å². The maximum atomic E-state index is 11.4. The molecule has 0 radical (unpaired) electrons. The second kappa shape index (κ2) is 5.22. The molecule has 0 N–H and O–H groups in total. The maximum absolute atomic E-state index is 11.4. The number of methoxy groups -OCH3 is 1. The predicted molar refractivity (Wildman–Crippen MR) is 58.4 cm³/mol. The van der Waals surface area contributed by atoms with Crippen molar-refractivity contribution >= 4 is 17.3 Å². The van der Waals surface area contributed by atoms with Crippen LogP contribution in [0.3, 0.4) is 0 Å². The van der Waals surface area contributed by atoms with Gasteiger partial charge in [-0.05, 0) is 12.1 Å². The molecule has 0 saturated heterocycles. The van der Waals surface area contributed by atoms with E-state index < -0.39 is 4.92 Å².